The first kappa shape index (κ1) is 21.6. The summed E-state index contributed by atoms with van der Waals surface area (Å²) in [5, 5.41) is 25.7. The van der Waals surface area contributed by atoms with Crippen LogP contribution in [-0.4, -0.2) is 33.6 Å². The van der Waals surface area contributed by atoms with E-state index in [9.17, 15) is 25.0 Å². The number of hydrogen-bond donors (Lipinski definition) is 1. The first-order valence-corrected chi connectivity index (χ1v) is 9.03. The monoisotopic (exact) mass is 411 g/mol. The molecule has 1 aliphatic rings. The number of amides is 1. The molecule has 0 spiro atoms. The number of nitro groups is 2. The molecule has 1 amide bonds. The summed E-state index contributed by atoms with van der Waals surface area (Å²) in [6.45, 7) is 6.81. The van der Waals surface area contributed by atoms with Gasteiger partial charge in [-0.05, 0) is 38.3 Å². The van der Waals surface area contributed by atoms with E-state index in [1.54, 1.807) is 39.8 Å². The molecule has 0 bridgehead atoms. The average molecular weight is 412 g/mol. The lowest BCUT2D eigenvalue weighted by molar-refractivity contribution is -0.531. The summed E-state index contributed by atoms with van der Waals surface area (Å²) in [5.74, 6) is -1.10. The first-order chi connectivity index (χ1) is 12.9. The molecule has 9 nitrogen and oxygen atoms in total. The molecule has 0 aromatic heterocycles. The van der Waals surface area contributed by atoms with Gasteiger partial charge in [-0.2, -0.15) is 0 Å². The van der Waals surface area contributed by atoms with Crippen LogP contribution in [0.25, 0.3) is 0 Å². The molecule has 0 aliphatic heterocycles. The van der Waals surface area contributed by atoms with Gasteiger partial charge in [-0.3, -0.25) is 20.2 Å². The van der Waals surface area contributed by atoms with Gasteiger partial charge < -0.3 is 10.1 Å². The van der Waals surface area contributed by atoms with E-state index < -0.39 is 39.5 Å². The van der Waals surface area contributed by atoms with Crippen molar-refractivity contribution in [3.8, 4) is 0 Å². The zero-order valence-electron chi connectivity index (χ0n) is 15.9. The highest BCUT2D eigenvalue weighted by Gasteiger charge is 2.46. The molecule has 1 aliphatic carbocycles. The predicted molar refractivity (Wildman–Crippen MR) is 103 cm³/mol. The number of allylic oxidation sites excluding steroid dienone is 1. The van der Waals surface area contributed by atoms with Crippen molar-refractivity contribution in [2.24, 2.45) is 5.92 Å². The standard InChI is InChI=1S/C18H22ClN3O6/c1-10-5-8-14(20-17(23)28-18(2,3)4)16(22(26)27)15(10)12-9-11(21(24)25)6-7-13(12)19/h5-10,14-16H,1-4H3,(H,20,23). The molecule has 4 unspecified atom stereocenters. The van der Waals surface area contributed by atoms with Gasteiger partial charge >= 0.3 is 6.09 Å². The number of nitro benzene ring substituents is 1. The molecule has 1 aromatic rings. The van der Waals surface area contributed by atoms with Crippen LogP contribution < -0.4 is 5.32 Å². The van der Waals surface area contributed by atoms with Crippen LogP contribution in [0.2, 0.25) is 5.02 Å². The molecular weight excluding hydrogens is 390 g/mol. The Kier molecular flexibility index (Phi) is 6.28. The first-order valence-electron chi connectivity index (χ1n) is 8.66. The lowest BCUT2D eigenvalue weighted by Crippen LogP contribution is -2.52. The van der Waals surface area contributed by atoms with E-state index in [1.807, 2.05) is 0 Å². The van der Waals surface area contributed by atoms with Crippen LogP contribution in [0, 0.1) is 26.1 Å². The van der Waals surface area contributed by atoms with Crippen LogP contribution in [0.15, 0.2) is 30.4 Å². The van der Waals surface area contributed by atoms with Gasteiger partial charge in [0.05, 0.1) is 10.8 Å². The Hall–Kier alpha value is -2.68. The molecule has 4 atom stereocenters. The number of alkyl carbamates (subject to hydrolysis) is 1. The number of benzene rings is 1. The Bertz CT molecular complexity index is 820. The predicted octanol–water partition coefficient (Wildman–Crippen LogP) is 4.08. The molecule has 0 fully saturated rings. The number of carbonyl (C=O) groups is 1. The maximum atomic E-state index is 12.1. The van der Waals surface area contributed by atoms with Crippen LogP contribution in [0.5, 0.6) is 0 Å². The summed E-state index contributed by atoms with van der Waals surface area (Å²) < 4.78 is 5.19. The van der Waals surface area contributed by atoms with Crippen molar-refractivity contribution in [3.63, 3.8) is 0 Å². The second kappa shape index (κ2) is 8.14. The summed E-state index contributed by atoms with van der Waals surface area (Å²) in [7, 11) is 0. The molecule has 0 radical (unpaired) electrons. The lowest BCUT2D eigenvalue weighted by atomic mass is 9.75. The highest BCUT2D eigenvalue weighted by Crippen LogP contribution is 2.40. The minimum Gasteiger partial charge on any atom is -0.444 e. The fourth-order valence-corrected chi connectivity index (χ4v) is 3.51. The van der Waals surface area contributed by atoms with Gasteiger partial charge in [-0.15, -0.1) is 0 Å². The molecular formula is C18H22ClN3O6. The molecule has 1 aromatic carbocycles. The Labute approximate surface area is 167 Å². The molecule has 1 N–H and O–H groups in total. The number of non-ortho nitro benzene ring substituents is 1. The Morgan fingerprint density at radius 2 is 1.86 bits per heavy atom. The number of rotatable bonds is 4. The summed E-state index contributed by atoms with van der Waals surface area (Å²) in [5.41, 5.74) is -0.673. The van der Waals surface area contributed by atoms with Crippen molar-refractivity contribution < 1.29 is 19.4 Å². The SMILES string of the molecule is CC1C=CC(NC(=O)OC(C)(C)C)C([N+](=O)[O-])C1c1cc([N+](=O)[O-])ccc1Cl. The molecule has 0 saturated heterocycles. The third kappa shape index (κ3) is 4.98. The van der Waals surface area contributed by atoms with E-state index in [-0.39, 0.29) is 16.6 Å². The number of hydrogen-bond acceptors (Lipinski definition) is 6. The van der Waals surface area contributed by atoms with Crippen LogP contribution in [0.3, 0.4) is 0 Å². The minimum absolute atomic E-state index is 0.195. The maximum absolute atomic E-state index is 12.1. The van der Waals surface area contributed by atoms with Crippen molar-refractivity contribution >= 4 is 23.4 Å². The molecule has 28 heavy (non-hydrogen) atoms. The van der Waals surface area contributed by atoms with Crippen molar-refractivity contribution in [1.29, 1.82) is 0 Å². The largest absolute Gasteiger partial charge is 0.444 e. The summed E-state index contributed by atoms with van der Waals surface area (Å²) >= 11 is 6.23. The second-order valence-electron chi connectivity index (χ2n) is 7.68. The Morgan fingerprint density at radius 1 is 1.21 bits per heavy atom. The van der Waals surface area contributed by atoms with Crippen LogP contribution in [0.1, 0.15) is 39.2 Å². The van der Waals surface area contributed by atoms with E-state index >= 15 is 0 Å². The fraction of sp³-hybridized carbons (Fsp3) is 0.500. The van der Waals surface area contributed by atoms with Gasteiger partial charge in [0.2, 0.25) is 6.04 Å². The second-order valence-corrected chi connectivity index (χ2v) is 8.09. The third-order valence-corrected chi connectivity index (χ3v) is 4.74. The number of carbonyl (C=O) groups excluding carboxylic acids is 1. The lowest BCUT2D eigenvalue weighted by Gasteiger charge is -2.34. The van der Waals surface area contributed by atoms with Gasteiger partial charge in [0.15, 0.2) is 0 Å². The molecule has 0 heterocycles. The topological polar surface area (TPSA) is 125 Å². The summed E-state index contributed by atoms with van der Waals surface area (Å²) in [6.07, 6.45) is 2.48. The zero-order valence-corrected chi connectivity index (χ0v) is 16.7. The van der Waals surface area contributed by atoms with E-state index in [0.717, 1.165) is 0 Å². The Morgan fingerprint density at radius 3 is 2.39 bits per heavy atom. The number of nitrogens with zero attached hydrogens (tertiary/aromatic N) is 2. The van der Waals surface area contributed by atoms with Gasteiger partial charge in [0.25, 0.3) is 5.69 Å². The fourth-order valence-electron chi connectivity index (χ4n) is 3.27. The quantitative estimate of drug-likeness (QED) is 0.452. The normalized spacial score (nSPS) is 24.5. The molecule has 10 heteroatoms. The number of halogens is 1. The smallest absolute Gasteiger partial charge is 0.408 e. The van der Waals surface area contributed by atoms with Gasteiger partial charge in [0.1, 0.15) is 11.6 Å². The molecule has 2 rings (SSSR count). The van der Waals surface area contributed by atoms with Crippen molar-refractivity contribution in [1.82, 2.24) is 5.32 Å². The van der Waals surface area contributed by atoms with Crippen LogP contribution in [0.4, 0.5) is 10.5 Å². The highest BCUT2D eigenvalue weighted by molar-refractivity contribution is 6.31. The molecule has 0 saturated carbocycles. The van der Waals surface area contributed by atoms with Crippen molar-refractivity contribution in [2.75, 3.05) is 0 Å². The number of nitrogens with one attached hydrogen (secondary N) is 1. The van der Waals surface area contributed by atoms with Crippen molar-refractivity contribution in [2.45, 2.75) is 51.3 Å². The molecule has 152 valence electrons. The van der Waals surface area contributed by atoms with E-state index in [4.69, 9.17) is 16.3 Å². The summed E-state index contributed by atoms with van der Waals surface area (Å²) in [4.78, 5) is 34.1. The highest BCUT2D eigenvalue weighted by atomic mass is 35.5. The van der Waals surface area contributed by atoms with Crippen LogP contribution in [-0.2, 0) is 4.74 Å². The Balaban J connectivity index is 2.43. The summed E-state index contributed by atoms with van der Waals surface area (Å²) in [6, 6.07) is 1.62. The van der Waals surface area contributed by atoms with Gasteiger partial charge in [0, 0.05) is 22.1 Å². The number of ether oxygens (including phenoxy) is 1. The van der Waals surface area contributed by atoms with E-state index in [0.29, 0.717) is 5.56 Å². The van der Waals surface area contributed by atoms with Crippen LogP contribution >= 0.6 is 11.6 Å². The average Bonchev–Trinajstić information content (AvgIpc) is 2.54. The zero-order chi connectivity index (χ0) is 21.2. The maximum Gasteiger partial charge on any atom is 0.408 e. The van der Waals surface area contributed by atoms with Crippen molar-refractivity contribution in [3.05, 3.63) is 61.2 Å². The minimum atomic E-state index is -1.27. The van der Waals surface area contributed by atoms with E-state index in [2.05, 4.69) is 5.32 Å². The van der Waals surface area contributed by atoms with Gasteiger partial charge in [-0.25, -0.2) is 4.79 Å². The van der Waals surface area contributed by atoms with E-state index in [1.165, 1.54) is 18.2 Å². The third-order valence-electron chi connectivity index (χ3n) is 4.40. The van der Waals surface area contributed by atoms with Gasteiger partial charge in [-0.1, -0.05) is 30.7 Å².